The first kappa shape index (κ1) is 19.4. The Kier molecular flexibility index (Phi) is 6.18. The fraction of sp³-hybridized carbons (Fsp3) is 0.143. The van der Waals surface area contributed by atoms with Gasteiger partial charge in [-0.3, -0.25) is 0 Å². The number of hydrogen-bond acceptors (Lipinski definition) is 4. The maximum atomic E-state index is 9.51. The van der Waals surface area contributed by atoms with Crippen LogP contribution in [0.2, 0.25) is 10.0 Å². The Bertz CT molecular complexity index is 1010. The first-order valence-electron chi connectivity index (χ1n) is 8.36. The first-order chi connectivity index (χ1) is 13.0. The number of benzene rings is 2. The molecular formula is C21H17Cl2N3S. The predicted molar refractivity (Wildman–Crippen MR) is 115 cm³/mol. The van der Waals surface area contributed by atoms with E-state index >= 15 is 0 Å². The van der Waals surface area contributed by atoms with E-state index in [9.17, 15) is 5.26 Å². The third kappa shape index (κ3) is 4.70. The van der Waals surface area contributed by atoms with E-state index in [1.807, 2.05) is 23.6 Å². The summed E-state index contributed by atoms with van der Waals surface area (Å²) in [5.41, 5.74) is 4.17. The number of allylic oxidation sites excluding steroid dienone is 1. The van der Waals surface area contributed by atoms with Crippen LogP contribution in [0.5, 0.6) is 0 Å². The third-order valence-corrected chi connectivity index (χ3v) is 5.45. The van der Waals surface area contributed by atoms with Gasteiger partial charge in [0.1, 0.15) is 16.6 Å². The van der Waals surface area contributed by atoms with Gasteiger partial charge >= 0.3 is 0 Å². The maximum absolute atomic E-state index is 9.51. The van der Waals surface area contributed by atoms with Crippen molar-refractivity contribution in [2.24, 2.45) is 0 Å². The van der Waals surface area contributed by atoms with Gasteiger partial charge in [-0.2, -0.15) is 5.26 Å². The second kappa shape index (κ2) is 8.58. The Morgan fingerprint density at radius 2 is 1.93 bits per heavy atom. The second-order valence-electron chi connectivity index (χ2n) is 6.25. The number of halogens is 2. The number of nitriles is 1. The van der Waals surface area contributed by atoms with E-state index in [1.54, 1.807) is 18.3 Å². The van der Waals surface area contributed by atoms with Crippen molar-refractivity contribution in [3.8, 4) is 17.3 Å². The van der Waals surface area contributed by atoms with E-state index in [0.29, 0.717) is 26.5 Å². The molecule has 6 heteroatoms. The lowest BCUT2D eigenvalue weighted by molar-refractivity contribution is 0.867. The lowest BCUT2D eigenvalue weighted by Crippen LogP contribution is -1.92. The Balaban J connectivity index is 1.81. The van der Waals surface area contributed by atoms with Crippen LogP contribution in [0.15, 0.2) is 54.0 Å². The smallest absolute Gasteiger partial charge is 0.136 e. The quantitative estimate of drug-likeness (QED) is 0.449. The third-order valence-electron chi connectivity index (χ3n) is 4.02. The molecule has 27 heavy (non-hydrogen) atoms. The Hall–Kier alpha value is -2.32. The fourth-order valence-electron chi connectivity index (χ4n) is 2.48. The SMILES string of the molecule is CC(C)c1ccc(N/C=C(/C#N)c2nc(-c3ccc(Cl)cc3Cl)cs2)cc1. The predicted octanol–water partition coefficient (Wildman–Crippen LogP) is 7.22. The summed E-state index contributed by atoms with van der Waals surface area (Å²) < 4.78 is 0. The van der Waals surface area contributed by atoms with Gasteiger partial charge in [0.25, 0.3) is 0 Å². The van der Waals surface area contributed by atoms with E-state index in [2.05, 4.69) is 42.4 Å². The molecule has 136 valence electrons. The molecule has 0 saturated carbocycles. The van der Waals surface area contributed by atoms with Gasteiger partial charge in [0.15, 0.2) is 0 Å². The van der Waals surface area contributed by atoms with Crippen LogP contribution in [0, 0.1) is 11.3 Å². The monoisotopic (exact) mass is 413 g/mol. The average Bonchev–Trinajstić information content (AvgIpc) is 3.12. The highest BCUT2D eigenvalue weighted by atomic mass is 35.5. The van der Waals surface area contributed by atoms with Crippen LogP contribution >= 0.6 is 34.5 Å². The van der Waals surface area contributed by atoms with E-state index in [1.165, 1.54) is 16.9 Å². The van der Waals surface area contributed by atoms with Crippen molar-refractivity contribution < 1.29 is 0 Å². The molecule has 1 aromatic heterocycles. The molecule has 3 aromatic rings. The van der Waals surface area contributed by atoms with Crippen LogP contribution in [0.25, 0.3) is 16.8 Å². The van der Waals surface area contributed by atoms with Crippen molar-refractivity contribution in [1.29, 1.82) is 5.26 Å². The molecule has 1 N–H and O–H groups in total. The summed E-state index contributed by atoms with van der Waals surface area (Å²) in [6, 6.07) is 15.6. The normalized spacial score (nSPS) is 11.5. The molecule has 0 aliphatic rings. The first-order valence-corrected chi connectivity index (χ1v) is 9.99. The van der Waals surface area contributed by atoms with Gasteiger partial charge in [-0.15, -0.1) is 11.3 Å². The highest BCUT2D eigenvalue weighted by molar-refractivity contribution is 7.11. The van der Waals surface area contributed by atoms with Gasteiger partial charge in [0.2, 0.25) is 0 Å². The molecule has 3 nitrogen and oxygen atoms in total. The zero-order valence-corrected chi connectivity index (χ0v) is 17.2. The number of hydrogen-bond donors (Lipinski definition) is 1. The van der Waals surface area contributed by atoms with Crippen LogP contribution in [-0.2, 0) is 0 Å². The number of nitrogens with zero attached hydrogens (tertiary/aromatic N) is 2. The standard InChI is InChI=1S/C21H17Cl2N3S/c1-13(2)14-3-6-17(7-4-14)25-11-15(10-24)21-26-20(12-27-21)18-8-5-16(22)9-19(18)23/h3-9,11-13,25H,1-2H3/b15-11-. The van der Waals surface area contributed by atoms with Gasteiger partial charge in [-0.1, -0.05) is 49.2 Å². The van der Waals surface area contributed by atoms with Crippen LogP contribution in [0.3, 0.4) is 0 Å². The Morgan fingerprint density at radius 3 is 2.56 bits per heavy atom. The Labute approximate surface area is 172 Å². The van der Waals surface area contributed by atoms with Crippen LogP contribution in [0.4, 0.5) is 5.69 Å². The molecule has 0 fully saturated rings. The zero-order chi connectivity index (χ0) is 19.4. The van der Waals surface area contributed by atoms with E-state index in [-0.39, 0.29) is 0 Å². The van der Waals surface area contributed by atoms with Gasteiger partial charge < -0.3 is 5.32 Å². The topological polar surface area (TPSA) is 48.7 Å². The van der Waals surface area contributed by atoms with Crippen LogP contribution < -0.4 is 5.32 Å². The van der Waals surface area contributed by atoms with Gasteiger partial charge in [0, 0.05) is 27.9 Å². The van der Waals surface area contributed by atoms with Crippen molar-refractivity contribution in [2.45, 2.75) is 19.8 Å². The molecule has 0 bridgehead atoms. The second-order valence-corrected chi connectivity index (χ2v) is 7.95. The number of aromatic nitrogens is 1. The molecule has 0 unspecified atom stereocenters. The van der Waals surface area contributed by atoms with Gasteiger partial charge in [0.05, 0.1) is 10.7 Å². The number of nitrogens with one attached hydrogen (secondary N) is 1. The van der Waals surface area contributed by atoms with Crippen molar-refractivity contribution >= 4 is 45.8 Å². The van der Waals surface area contributed by atoms with Crippen molar-refractivity contribution in [3.05, 3.63) is 74.7 Å². The molecule has 0 aliphatic heterocycles. The molecule has 0 aliphatic carbocycles. The summed E-state index contributed by atoms with van der Waals surface area (Å²) >= 11 is 13.6. The molecule has 2 aromatic carbocycles. The summed E-state index contributed by atoms with van der Waals surface area (Å²) in [4.78, 5) is 4.55. The molecule has 0 radical (unpaired) electrons. The average molecular weight is 414 g/mol. The zero-order valence-electron chi connectivity index (χ0n) is 14.8. The van der Waals surface area contributed by atoms with E-state index < -0.39 is 0 Å². The van der Waals surface area contributed by atoms with Gasteiger partial charge in [-0.05, 0) is 41.8 Å². The van der Waals surface area contributed by atoms with Crippen LogP contribution in [0.1, 0.15) is 30.3 Å². The highest BCUT2D eigenvalue weighted by Gasteiger charge is 2.11. The van der Waals surface area contributed by atoms with Crippen molar-refractivity contribution in [3.63, 3.8) is 0 Å². The molecule has 0 saturated heterocycles. The number of anilines is 1. The van der Waals surface area contributed by atoms with E-state index in [4.69, 9.17) is 23.2 Å². The van der Waals surface area contributed by atoms with Gasteiger partial charge in [-0.25, -0.2) is 4.98 Å². The summed E-state index contributed by atoms with van der Waals surface area (Å²) in [5.74, 6) is 0.484. The van der Waals surface area contributed by atoms with Crippen molar-refractivity contribution in [2.75, 3.05) is 5.32 Å². The molecule has 0 spiro atoms. The van der Waals surface area contributed by atoms with Crippen LogP contribution in [-0.4, -0.2) is 4.98 Å². The molecule has 0 atom stereocenters. The maximum Gasteiger partial charge on any atom is 0.136 e. The molecular weight excluding hydrogens is 397 g/mol. The minimum absolute atomic E-state index is 0.462. The summed E-state index contributed by atoms with van der Waals surface area (Å²) in [7, 11) is 0. The fourth-order valence-corrected chi connectivity index (χ4v) is 3.77. The summed E-state index contributed by atoms with van der Waals surface area (Å²) in [6.07, 6.45) is 1.68. The minimum atomic E-state index is 0.462. The summed E-state index contributed by atoms with van der Waals surface area (Å²) in [6.45, 7) is 4.31. The number of rotatable bonds is 5. The minimum Gasteiger partial charge on any atom is -0.360 e. The lowest BCUT2D eigenvalue weighted by Gasteiger charge is -2.07. The van der Waals surface area contributed by atoms with Crippen molar-refractivity contribution in [1.82, 2.24) is 4.98 Å². The highest BCUT2D eigenvalue weighted by Crippen LogP contribution is 2.32. The number of thiazole rings is 1. The molecule has 1 heterocycles. The summed E-state index contributed by atoms with van der Waals surface area (Å²) in [5, 5.41) is 16.3. The molecule has 3 rings (SSSR count). The Morgan fingerprint density at radius 1 is 1.19 bits per heavy atom. The molecule has 0 amide bonds. The van der Waals surface area contributed by atoms with E-state index in [0.717, 1.165) is 16.9 Å². The lowest BCUT2D eigenvalue weighted by atomic mass is 10.0. The largest absolute Gasteiger partial charge is 0.360 e.